The molecule has 0 aliphatic carbocycles. The van der Waals surface area contributed by atoms with Gasteiger partial charge in [0.25, 0.3) is 0 Å². The number of amides is 1. The summed E-state index contributed by atoms with van der Waals surface area (Å²) >= 11 is 0. The maximum absolute atomic E-state index is 13.7. The molecule has 0 heterocycles. The number of hydrogen-bond donors (Lipinski definition) is 2. The minimum atomic E-state index is -0.924. The molecule has 2 rings (SSSR count). The van der Waals surface area contributed by atoms with E-state index in [1.807, 2.05) is 30.3 Å². The number of carbonyl (C=O) groups is 2. The molecule has 0 radical (unpaired) electrons. The van der Waals surface area contributed by atoms with Crippen molar-refractivity contribution in [2.75, 3.05) is 7.11 Å². The Balaban J connectivity index is 2.05. The van der Waals surface area contributed by atoms with Crippen molar-refractivity contribution >= 4 is 11.9 Å². The normalized spacial score (nSPS) is 11.6. The third-order valence-corrected chi connectivity index (χ3v) is 3.76. The molecule has 2 N–H and O–H groups in total. The van der Waals surface area contributed by atoms with E-state index in [1.165, 1.54) is 19.2 Å². The van der Waals surface area contributed by atoms with Gasteiger partial charge in [-0.15, -0.1) is 0 Å². The highest BCUT2D eigenvalue weighted by Gasteiger charge is 2.16. The molecule has 0 saturated heterocycles. The summed E-state index contributed by atoms with van der Waals surface area (Å²) in [6, 6.07) is 13.1. The molecule has 0 aromatic heterocycles. The lowest BCUT2D eigenvalue weighted by Gasteiger charge is -2.18. The van der Waals surface area contributed by atoms with Crippen LogP contribution in [0.2, 0.25) is 0 Å². The van der Waals surface area contributed by atoms with Crippen LogP contribution in [0.5, 0.6) is 5.75 Å². The zero-order chi connectivity index (χ0) is 18.2. The summed E-state index contributed by atoms with van der Waals surface area (Å²) < 4.78 is 18.6. The van der Waals surface area contributed by atoms with Crippen molar-refractivity contribution < 1.29 is 23.8 Å². The monoisotopic (exact) mass is 345 g/mol. The molecule has 1 atom stereocenters. The molecule has 2 aromatic carbocycles. The number of ether oxygens (including phenoxy) is 1. The topological polar surface area (TPSA) is 75.6 Å². The van der Waals surface area contributed by atoms with Crippen LogP contribution in [0.3, 0.4) is 0 Å². The predicted octanol–water partition coefficient (Wildman–Crippen LogP) is 3.10. The van der Waals surface area contributed by atoms with Gasteiger partial charge in [0.15, 0.2) is 11.6 Å². The van der Waals surface area contributed by atoms with Gasteiger partial charge in [-0.2, -0.15) is 0 Å². The van der Waals surface area contributed by atoms with Gasteiger partial charge in [-0.05, 0) is 29.7 Å². The minimum absolute atomic E-state index is 0.00266. The van der Waals surface area contributed by atoms with Crippen LogP contribution in [0.1, 0.15) is 30.0 Å². The fraction of sp³-hybridized carbons (Fsp3) is 0.263. The summed E-state index contributed by atoms with van der Waals surface area (Å²) in [6.45, 7) is 0. The van der Waals surface area contributed by atoms with Crippen LogP contribution in [0.15, 0.2) is 48.5 Å². The van der Waals surface area contributed by atoms with Crippen molar-refractivity contribution in [2.24, 2.45) is 0 Å². The first kappa shape index (κ1) is 18.4. The fourth-order valence-corrected chi connectivity index (χ4v) is 2.53. The predicted molar refractivity (Wildman–Crippen MR) is 90.9 cm³/mol. The number of carboxylic acids is 1. The van der Waals surface area contributed by atoms with Crippen LogP contribution in [-0.4, -0.2) is 24.1 Å². The molecule has 5 nitrogen and oxygen atoms in total. The van der Waals surface area contributed by atoms with Gasteiger partial charge in [0.1, 0.15) is 0 Å². The quantitative estimate of drug-likeness (QED) is 0.771. The number of aliphatic carboxylic acids is 1. The van der Waals surface area contributed by atoms with Crippen LogP contribution in [0, 0.1) is 5.82 Å². The molecule has 0 aliphatic rings. The first-order valence-electron chi connectivity index (χ1n) is 7.88. The maximum atomic E-state index is 13.7. The number of carboxylic acid groups (broad SMARTS) is 1. The van der Waals surface area contributed by atoms with Crippen molar-refractivity contribution in [3.63, 3.8) is 0 Å². The standard InChI is InChI=1S/C19H20FNO4/c1-25-17-9-7-13(11-15(17)20)12-18(22)21-16(8-10-19(23)24)14-5-3-2-4-6-14/h2-7,9,11,16H,8,10,12H2,1H3,(H,21,22)(H,23,24). The molecule has 1 unspecified atom stereocenters. The third kappa shape index (κ3) is 5.60. The highest BCUT2D eigenvalue weighted by molar-refractivity contribution is 5.79. The third-order valence-electron chi connectivity index (χ3n) is 3.76. The van der Waals surface area contributed by atoms with Gasteiger partial charge in [-0.1, -0.05) is 36.4 Å². The van der Waals surface area contributed by atoms with Gasteiger partial charge in [0.2, 0.25) is 5.91 Å². The number of carbonyl (C=O) groups excluding carboxylic acids is 1. The zero-order valence-electron chi connectivity index (χ0n) is 13.9. The fourth-order valence-electron chi connectivity index (χ4n) is 2.53. The first-order chi connectivity index (χ1) is 12.0. The minimum Gasteiger partial charge on any atom is -0.494 e. The smallest absolute Gasteiger partial charge is 0.303 e. The zero-order valence-corrected chi connectivity index (χ0v) is 13.9. The number of nitrogens with one attached hydrogen (secondary N) is 1. The maximum Gasteiger partial charge on any atom is 0.303 e. The van der Waals surface area contributed by atoms with E-state index < -0.39 is 17.8 Å². The van der Waals surface area contributed by atoms with Gasteiger partial charge in [-0.25, -0.2) is 4.39 Å². The number of halogens is 1. The molecule has 0 bridgehead atoms. The van der Waals surface area contributed by atoms with E-state index in [0.717, 1.165) is 5.56 Å². The number of rotatable bonds is 8. The largest absolute Gasteiger partial charge is 0.494 e. The van der Waals surface area contributed by atoms with Crippen LogP contribution >= 0.6 is 0 Å². The van der Waals surface area contributed by atoms with E-state index in [4.69, 9.17) is 9.84 Å². The van der Waals surface area contributed by atoms with Gasteiger partial charge < -0.3 is 15.2 Å². The Hall–Kier alpha value is -2.89. The Kier molecular flexibility index (Phi) is 6.51. The van der Waals surface area contributed by atoms with Crippen LogP contribution in [-0.2, 0) is 16.0 Å². The SMILES string of the molecule is COc1ccc(CC(=O)NC(CCC(=O)O)c2ccccc2)cc1F. The Bertz CT molecular complexity index is 733. The molecule has 0 aliphatic heterocycles. The van der Waals surface area contributed by atoms with Crippen LogP contribution in [0.25, 0.3) is 0 Å². The summed E-state index contributed by atoms with van der Waals surface area (Å²) in [6.07, 6.45) is 0.219. The molecule has 0 spiro atoms. The second-order valence-corrected chi connectivity index (χ2v) is 5.61. The van der Waals surface area contributed by atoms with E-state index in [9.17, 15) is 14.0 Å². The first-order valence-corrected chi connectivity index (χ1v) is 7.88. The Morgan fingerprint density at radius 1 is 1.20 bits per heavy atom. The molecular weight excluding hydrogens is 325 g/mol. The van der Waals surface area contributed by atoms with Gasteiger partial charge in [0.05, 0.1) is 19.6 Å². The Labute approximate surface area is 145 Å². The lowest BCUT2D eigenvalue weighted by molar-refractivity contribution is -0.137. The molecule has 0 fully saturated rings. The van der Waals surface area contributed by atoms with Crippen LogP contribution < -0.4 is 10.1 Å². The molecule has 0 saturated carbocycles. The van der Waals surface area contributed by atoms with Crippen molar-refractivity contribution in [3.05, 3.63) is 65.5 Å². The number of methoxy groups -OCH3 is 1. The summed E-state index contributed by atoms with van der Waals surface area (Å²) in [7, 11) is 1.37. The van der Waals surface area contributed by atoms with Crippen molar-refractivity contribution in [2.45, 2.75) is 25.3 Å². The van der Waals surface area contributed by atoms with Gasteiger partial charge >= 0.3 is 5.97 Å². The summed E-state index contributed by atoms with van der Waals surface area (Å²) in [5, 5.41) is 11.7. The lowest BCUT2D eigenvalue weighted by Crippen LogP contribution is -2.30. The second kappa shape index (κ2) is 8.82. The van der Waals surface area contributed by atoms with E-state index in [-0.39, 0.29) is 30.9 Å². The van der Waals surface area contributed by atoms with Gasteiger partial charge in [-0.3, -0.25) is 9.59 Å². The van der Waals surface area contributed by atoms with Gasteiger partial charge in [0, 0.05) is 6.42 Å². The highest BCUT2D eigenvalue weighted by Crippen LogP contribution is 2.20. The molecular formula is C19H20FNO4. The highest BCUT2D eigenvalue weighted by atomic mass is 19.1. The van der Waals surface area contributed by atoms with E-state index in [0.29, 0.717) is 5.56 Å². The molecule has 1 amide bonds. The molecule has 25 heavy (non-hydrogen) atoms. The number of hydrogen-bond acceptors (Lipinski definition) is 3. The molecule has 132 valence electrons. The molecule has 6 heteroatoms. The average molecular weight is 345 g/mol. The van der Waals surface area contributed by atoms with Crippen molar-refractivity contribution in [1.82, 2.24) is 5.32 Å². The van der Waals surface area contributed by atoms with E-state index in [1.54, 1.807) is 6.07 Å². The second-order valence-electron chi connectivity index (χ2n) is 5.61. The van der Waals surface area contributed by atoms with Crippen molar-refractivity contribution in [3.8, 4) is 5.75 Å². The van der Waals surface area contributed by atoms with Crippen LogP contribution in [0.4, 0.5) is 4.39 Å². The summed E-state index contributed by atoms with van der Waals surface area (Å²) in [5.74, 6) is -1.64. The van der Waals surface area contributed by atoms with E-state index >= 15 is 0 Å². The van der Waals surface area contributed by atoms with Crippen molar-refractivity contribution in [1.29, 1.82) is 0 Å². The molecule has 2 aromatic rings. The Morgan fingerprint density at radius 2 is 1.92 bits per heavy atom. The average Bonchev–Trinajstić information content (AvgIpc) is 2.59. The van der Waals surface area contributed by atoms with E-state index in [2.05, 4.69) is 5.32 Å². The lowest BCUT2D eigenvalue weighted by atomic mass is 10.0. The summed E-state index contributed by atoms with van der Waals surface area (Å²) in [4.78, 5) is 23.1. The number of benzene rings is 2. The Morgan fingerprint density at radius 3 is 2.52 bits per heavy atom. The summed E-state index contributed by atoms with van der Waals surface area (Å²) in [5.41, 5.74) is 1.35.